The second-order valence-electron chi connectivity index (χ2n) is 4.73. The molecule has 0 aliphatic carbocycles. The number of carbonyl (C=O) groups is 1. The van der Waals surface area contributed by atoms with Gasteiger partial charge in [0.2, 0.25) is 0 Å². The van der Waals surface area contributed by atoms with Crippen LogP contribution in [0.15, 0.2) is 36.5 Å². The number of nitrogens with zero attached hydrogens (tertiary/aromatic N) is 2. The Bertz CT molecular complexity index is 542. The third-order valence-corrected chi connectivity index (χ3v) is 3.38. The first-order valence-electron chi connectivity index (χ1n) is 6.98. The third-order valence-electron chi connectivity index (χ3n) is 3.38. The van der Waals surface area contributed by atoms with Crippen LogP contribution in [-0.4, -0.2) is 16.1 Å². The van der Waals surface area contributed by atoms with Gasteiger partial charge in [0.25, 0.3) is 0 Å². The molecule has 2 rings (SSSR count). The summed E-state index contributed by atoms with van der Waals surface area (Å²) in [5.74, 6) is 0.743. The van der Waals surface area contributed by atoms with Crippen molar-refractivity contribution in [1.29, 1.82) is 0 Å². The van der Waals surface area contributed by atoms with E-state index in [2.05, 4.69) is 18.9 Å². The molecule has 0 saturated heterocycles. The molecule has 20 heavy (non-hydrogen) atoms. The lowest BCUT2D eigenvalue weighted by molar-refractivity contribution is 0.112. The van der Waals surface area contributed by atoms with Crippen LogP contribution in [0.25, 0.3) is 0 Å². The van der Waals surface area contributed by atoms with Crippen molar-refractivity contribution in [2.24, 2.45) is 0 Å². The number of benzene rings is 1. The number of hydrogen-bond acceptors (Lipinski definition) is 3. The SMILES string of the molecule is CCC(CC)n1ccc(COc2ccc(C=O)cc2)n1. The number of ether oxygens (including phenoxy) is 1. The highest BCUT2D eigenvalue weighted by molar-refractivity contribution is 5.74. The fourth-order valence-corrected chi connectivity index (χ4v) is 2.12. The molecule has 0 unspecified atom stereocenters. The molecule has 0 atom stereocenters. The zero-order valence-corrected chi connectivity index (χ0v) is 12.0. The van der Waals surface area contributed by atoms with Gasteiger partial charge in [0.05, 0.1) is 11.7 Å². The highest BCUT2D eigenvalue weighted by Crippen LogP contribution is 2.16. The summed E-state index contributed by atoms with van der Waals surface area (Å²) < 4.78 is 7.67. The van der Waals surface area contributed by atoms with Gasteiger partial charge in [-0.3, -0.25) is 9.48 Å². The Morgan fingerprint density at radius 2 is 1.90 bits per heavy atom. The highest BCUT2D eigenvalue weighted by Gasteiger charge is 2.08. The number of rotatable bonds is 7. The maximum atomic E-state index is 10.6. The molecule has 0 aliphatic heterocycles. The van der Waals surface area contributed by atoms with E-state index in [0.717, 1.165) is 30.6 Å². The second-order valence-corrected chi connectivity index (χ2v) is 4.73. The molecule has 106 valence electrons. The zero-order valence-electron chi connectivity index (χ0n) is 12.0. The fraction of sp³-hybridized carbons (Fsp3) is 0.375. The van der Waals surface area contributed by atoms with Crippen molar-refractivity contribution >= 4 is 6.29 Å². The van der Waals surface area contributed by atoms with Crippen molar-refractivity contribution in [1.82, 2.24) is 9.78 Å². The van der Waals surface area contributed by atoms with Crippen LogP contribution in [0.1, 0.15) is 48.8 Å². The van der Waals surface area contributed by atoms with E-state index in [1.807, 2.05) is 16.9 Å². The molecule has 0 saturated carbocycles. The van der Waals surface area contributed by atoms with E-state index in [0.29, 0.717) is 18.2 Å². The summed E-state index contributed by atoms with van der Waals surface area (Å²) in [6.45, 7) is 4.77. The van der Waals surface area contributed by atoms with Gasteiger partial charge in [0, 0.05) is 11.8 Å². The Morgan fingerprint density at radius 3 is 2.50 bits per heavy atom. The highest BCUT2D eigenvalue weighted by atomic mass is 16.5. The van der Waals surface area contributed by atoms with Crippen LogP contribution in [0.5, 0.6) is 5.75 Å². The van der Waals surface area contributed by atoms with Gasteiger partial charge >= 0.3 is 0 Å². The van der Waals surface area contributed by atoms with Crippen molar-refractivity contribution in [2.75, 3.05) is 0 Å². The van der Waals surface area contributed by atoms with Crippen LogP contribution in [0, 0.1) is 0 Å². The van der Waals surface area contributed by atoms with Crippen LogP contribution in [0.3, 0.4) is 0 Å². The minimum Gasteiger partial charge on any atom is -0.487 e. The molecular formula is C16H20N2O2. The minimum absolute atomic E-state index is 0.438. The van der Waals surface area contributed by atoms with Gasteiger partial charge in [-0.05, 0) is 43.2 Å². The van der Waals surface area contributed by atoms with Crippen molar-refractivity contribution in [3.05, 3.63) is 47.8 Å². The molecule has 0 radical (unpaired) electrons. The minimum atomic E-state index is 0.438. The summed E-state index contributed by atoms with van der Waals surface area (Å²) in [6, 6.07) is 9.51. The van der Waals surface area contributed by atoms with E-state index in [1.54, 1.807) is 24.3 Å². The maximum absolute atomic E-state index is 10.6. The first-order valence-corrected chi connectivity index (χ1v) is 6.98. The predicted molar refractivity (Wildman–Crippen MR) is 78.0 cm³/mol. The Morgan fingerprint density at radius 1 is 1.20 bits per heavy atom. The molecule has 0 N–H and O–H groups in total. The van der Waals surface area contributed by atoms with Crippen molar-refractivity contribution < 1.29 is 9.53 Å². The van der Waals surface area contributed by atoms with E-state index in [9.17, 15) is 4.79 Å². The molecule has 1 aromatic carbocycles. The maximum Gasteiger partial charge on any atom is 0.150 e. The molecule has 0 aliphatic rings. The molecule has 0 spiro atoms. The van der Waals surface area contributed by atoms with Crippen molar-refractivity contribution in [3.63, 3.8) is 0 Å². The van der Waals surface area contributed by atoms with Gasteiger partial charge in [-0.25, -0.2) is 0 Å². The molecule has 4 nitrogen and oxygen atoms in total. The Kier molecular flexibility index (Phi) is 4.93. The Hall–Kier alpha value is -2.10. The largest absolute Gasteiger partial charge is 0.487 e. The Labute approximate surface area is 119 Å². The molecule has 1 heterocycles. The summed E-state index contributed by atoms with van der Waals surface area (Å²) in [6.07, 6.45) is 4.98. The van der Waals surface area contributed by atoms with Crippen LogP contribution in [-0.2, 0) is 6.61 Å². The monoisotopic (exact) mass is 272 g/mol. The third kappa shape index (κ3) is 3.47. The normalized spacial score (nSPS) is 10.8. The smallest absolute Gasteiger partial charge is 0.150 e. The fourth-order valence-electron chi connectivity index (χ4n) is 2.12. The molecule has 0 bridgehead atoms. The topological polar surface area (TPSA) is 44.1 Å². The average molecular weight is 272 g/mol. The number of aromatic nitrogens is 2. The van der Waals surface area contributed by atoms with E-state index in [1.165, 1.54) is 0 Å². The van der Waals surface area contributed by atoms with Crippen LogP contribution >= 0.6 is 0 Å². The van der Waals surface area contributed by atoms with Crippen LogP contribution in [0.4, 0.5) is 0 Å². The predicted octanol–water partition coefficient (Wildman–Crippen LogP) is 3.64. The van der Waals surface area contributed by atoms with Gasteiger partial charge in [-0.1, -0.05) is 13.8 Å². The molecular weight excluding hydrogens is 252 g/mol. The standard InChI is InChI=1S/C16H20N2O2/c1-3-15(4-2)18-10-9-14(17-18)12-20-16-7-5-13(11-19)6-8-16/h5-11,15H,3-4,12H2,1-2H3. The first kappa shape index (κ1) is 14.3. The summed E-state index contributed by atoms with van der Waals surface area (Å²) in [7, 11) is 0. The van der Waals surface area contributed by atoms with Gasteiger partial charge in [-0.2, -0.15) is 5.10 Å². The van der Waals surface area contributed by atoms with E-state index >= 15 is 0 Å². The van der Waals surface area contributed by atoms with Gasteiger partial charge in [0.15, 0.2) is 0 Å². The van der Waals surface area contributed by atoms with Gasteiger partial charge < -0.3 is 4.74 Å². The lowest BCUT2D eigenvalue weighted by Gasteiger charge is -2.12. The average Bonchev–Trinajstić information content (AvgIpc) is 2.96. The second kappa shape index (κ2) is 6.89. The van der Waals surface area contributed by atoms with Crippen LogP contribution in [0.2, 0.25) is 0 Å². The molecule has 0 amide bonds. The van der Waals surface area contributed by atoms with E-state index in [4.69, 9.17) is 4.74 Å². The van der Waals surface area contributed by atoms with Gasteiger partial charge in [-0.15, -0.1) is 0 Å². The first-order chi connectivity index (χ1) is 9.76. The number of aldehydes is 1. The molecule has 2 aromatic rings. The lowest BCUT2D eigenvalue weighted by atomic mass is 10.2. The van der Waals surface area contributed by atoms with E-state index in [-0.39, 0.29) is 0 Å². The van der Waals surface area contributed by atoms with E-state index < -0.39 is 0 Å². The molecule has 0 fully saturated rings. The summed E-state index contributed by atoms with van der Waals surface area (Å²) in [5, 5.41) is 4.54. The number of hydrogen-bond donors (Lipinski definition) is 0. The van der Waals surface area contributed by atoms with Crippen molar-refractivity contribution in [3.8, 4) is 5.75 Å². The van der Waals surface area contributed by atoms with Crippen LogP contribution < -0.4 is 4.74 Å². The number of carbonyl (C=O) groups excluding carboxylic acids is 1. The molecule has 1 aromatic heterocycles. The quantitative estimate of drug-likeness (QED) is 0.723. The summed E-state index contributed by atoms with van der Waals surface area (Å²) in [4.78, 5) is 10.6. The van der Waals surface area contributed by atoms with Gasteiger partial charge in [0.1, 0.15) is 18.6 Å². The summed E-state index contributed by atoms with van der Waals surface area (Å²) >= 11 is 0. The Balaban J connectivity index is 1.95. The summed E-state index contributed by atoms with van der Waals surface area (Å²) in [5.41, 5.74) is 1.56. The molecule has 4 heteroatoms. The lowest BCUT2D eigenvalue weighted by Crippen LogP contribution is -2.08. The zero-order chi connectivity index (χ0) is 14.4. The van der Waals surface area contributed by atoms with Crippen molar-refractivity contribution in [2.45, 2.75) is 39.3 Å².